The first kappa shape index (κ1) is 17.8. The summed E-state index contributed by atoms with van der Waals surface area (Å²) in [4.78, 5) is -0.248. The molecule has 3 aromatic rings. The van der Waals surface area contributed by atoms with Gasteiger partial charge in [-0.1, -0.05) is 77.9 Å². The Balaban J connectivity index is 2.26. The lowest BCUT2D eigenvalue weighted by molar-refractivity contribution is 0.553. The monoisotopic (exact) mass is 372 g/mol. The molecule has 0 aliphatic heterocycles. The van der Waals surface area contributed by atoms with E-state index in [2.05, 4.69) is 0 Å². The Hall–Kier alpha value is -2.03. The van der Waals surface area contributed by atoms with Gasteiger partial charge in [0.05, 0.1) is 0 Å². The van der Waals surface area contributed by atoms with E-state index in [9.17, 15) is 12.3 Å². The fourth-order valence-electron chi connectivity index (χ4n) is 2.66. The summed E-state index contributed by atoms with van der Waals surface area (Å²) in [5.74, 6) is 0. The van der Waals surface area contributed by atoms with Crippen LogP contribution in [0.4, 0.5) is 3.89 Å². The van der Waals surface area contributed by atoms with Crippen molar-refractivity contribution in [2.75, 3.05) is 0 Å². The average Bonchev–Trinajstić information content (AvgIpc) is 2.58. The molecule has 0 fully saturated rings. The molecule has 0 saturated heterocycles. The first-order chi connectivity index (χ1) is 11.9. The molecular weight excluding hydrogens is 354 g/mol. The number of hydrogen-bond acceptors (Lipinski definition) is 2. The minimum Gasteiger partial charge on any atom is -0.189 e. The third-order valence-corrected chi connectivity index (χ3v) is 7.49. The van der Waals surface area contributed by atoms with Crippen LogP contribution in [-0.2, 0) is 10.2 Å². The zero-order valence-electron chi connectivity index (χ0n) is 14.0. The zero-order valence-corrected chi connectivity index (χ0v) is 15.7. The maximum absolute atomic E-state index is 13.9. The van der Waals surface area contributed by atoms with Gasteiger partial charge in [0.15, 0.2) is 0 Å². The maximum Gasteiger partial charge on any atom is 0.332 e. The Bertz CT molecular complexity index is 935. The summed E-state index contributed by atoms with van der Waals surface area (Å²) in [5, 5.41) is 2.48. The molecule has 5 heteroatoms. The van der Waals surface area contributed by atoms with E-state index in [1.807, 2.05) is 62.4 Å². The van der Waals surface area contributed by atoms with Crippen LogP contribution in [0.2, 0.25) is 0 Å². The van der Waals surface area contributed by atoms with E-state index in [1.54, 1.807) is 18.2 Å². The van der Waals surface area contributed by atoms with Crippen LogP contribution in [0, 0.1) is 13.8 Å². The van der Waals surface area contributed by atoms with Gasteiger partial charge in [-0.2, -0.15) is 8.42 Å². The predicted molar refractivity (Wildman–Crippen MR) is 103 cm³/mol. The molecule has 0 heterocycles. The highest BCUT2D eigenvalue weighted by Crippen LogP contribution is 2.35. The van der Waals surface area contributed by atoms with E-state index < -0.39 is 18.1 Å². The van der Waals surface area contributed by atoms with Gasteiger partial charge < -0.3 is 0 Å². The lowest BCUT2D eigenvalue weighted by Gasteiger charge is -2.21. The highest BCUT2D eigenvalue weighted by atomic mass is 32.3. The highest BCUT2D eigenvalue weighted by molar-refractivity contribution is 7.88. The minimum atomic E-state index is -4.79. The fraction of sp³-hybridized carbons (Fsp3) is 0.100. The van der Waals surface area contributed by atoms with Crippen molar-refractivity contribution in [2.24, 2.45) is 0 Å². The van der Waals surface area contributed by atoms with Gasteiger partial charge in [0.2, 0.25) is 0 Å². The summed E-state index contributed by atoms with van der Waals surface area (Å²) in [7, 11) is -5.97. The van der Waals surface area contributed by atoms with Gasteiger partial charge in [0.25, 0.3) is 0 Å². The first-order valence-corrected chi connectivity index (χ1v) is 10.6. The largest absolute Gasteiger partial charge is 0.332 e. The Labute approximate surface area is 149 Å². The molecule has 0 spiro atoms. The van der Waals surface area contributed by atoms with Gasteiger partial charge in [-0.25, -0.2) is 0 Å². The standard InChI is InChI=1S/C20H18FO2PS/c1-15-7-11-17(12-8-15)24(18-13-9-16(2)10-14-18)19-5-3-4-6-20(19)25(21,22)23/h3-14H,1-2H3. The first-order valence-electron chi connectivity index (χ1n) is 7.83. The quantitative estimate of drug-likeness (QED) is 0.517. The van der Waals surface area contributed by atoms with Crippen molar-refractivity contribution in [2.45, 2.75) is 18.7 Å². The van der Waals surface area contributed by atoms with Crippen molar-refractivity contribution in [1.29, 1.82) is 0 Å². The molecule has 0 unspecified atom stereocenters. The molecular formula is C20H18FO2PS. The molecule has 3 rings (SSSR count). The SMILES string of the molecule is Cc1ccc(P(c2ccc(C)cc2)c2ccccc2S(=O)(=O)F)cc1. The van der Waals surface area contributed by atoms with Gasteiger partial charge in [0, 0.05) is 5.30 Å². The third-order valence-electron chi connectivity index (χ3n) is 3.95. The second-order valence-electron chi connectivity index (χ2n) is 5.91. The minimum absolute atomic E-state index is 0.248. The molecule has 0 N–H and O–H groups in total. The number of benzene rings is 3. The smallest absolute Gasteiger partial charge is 0.189 e. The molecule has 0 atom stereocenters. The molecule has 0 aromatic heterocycles. The van der Waals surface area contributed by atoms with Gasteiger partial charge in [0.1, 0.15) is 4.90 Å². The molecule has 0 saturated carbocycles. The summed E-state index contributed by atoms with van der Waals surface area (Å²) in [6, 6.07) is 22.3. The summed E-state index contributed by atoms with van der Waals surface area (Å²) in [5.41, 5.74) is 2.24. The van der Waals surface area contributed by atoms with E-state index in [0.717, 1.165) is 21.7 Å². The maximum atomic E-state index is 13.9. The number of aryl methyl sites for hydroxylation is 2. The second-order valence-corrected chi connectivity index (χ2v) is 9.41. The van der Waals surface area contributed by atoms with Gasteiger partial charge in [-0.15, -0.1) is 3.89 Å². The van der Waals surface area contributed by atoms with Crippen molar-refractivity contribution in [3.05, 3.63) is 83.9 Å². The van der Waals surface area contributed by atoms with Crippen molar-refractivity contribution in [3.8, 4) is 0 Å². The summed E-state index contributed by atoms with van der Waals surface area (Å²) >= 11 is 0. The van der Waals surface area contributed by atoms with Gasteiger partial charge in [-0.3, -0.25) is 0 Å². The molecule has 128 valence electrons. The van der Waals surface area contributed by atoms with Crippen LogP contribution >= 0.6 is 7.92 Å². The van der Waals surface area contributed by atoms with Crippen LogP contribution in [0.25, 0.3) is 0 Å². The number of rotatable bonds is 4. The van der Waals surface area contributed by atoms with Crippen molar-refractivity contribution >= 4 is 34.1 Å². The van der Waals surface area contributed by atoms with Crippen LogP contribution in [0.1, 0.15) is 11.1 Å². The number of halogens is 1. The third kappa shape index (κ3) is 3.97. The lowest BCUT2D eigenvalue weighted by atomic mass is 10.2. The van der Waals surface area contributed by atoms with E-state index in [-0.39, 0.29) is 4.90 Å². The van der Waals surface area contributed by atoms with Crippen LogP contribution in [0.3, 0.4) is 0 Å². The lowest BCUT2D eigenvalue weighted by Crippen LogP contribution is -2.24. The Kier molecular flexibility index (Phi) is 5.03. The normalized spacial score (nSPS) is 11.7. The molecule has 0 amide bonds. The molecule has 0 radical (unpaired) electrons. The van der Waals surface area contributed by atoms with Gasteiger partial charge >= 0.3 is 10.2 Å². The molecule has 0 bridgehead atoms. The number of hydrogen-bond donors (Lipinski definition) is 0. The van der Waals surface area contributed by atoms with Crippen LogP contribution in [-0.4, -0.2) is 8.42 Å². The molecule has 0 aliphatic carbocycles. The van der Waals surface area contributed by atoms with Crippen molar-refractivity contribution in [1.82, 2.24) is 0 Å². The predicted octanol–water partition coefficient (Wildman–Crippen LogP) is 3.72. The van der Waals surface area contributed by atoms with E-state index >= 15 is 0 Å². The second kappa shape index (κ2) is 7.07. The van der Waals surface area contributed by atoms with E-state index in [0.29, 0.717) is 5.30 Å². The molecule has 25 heavy (non-hydrogen) atoms. The Morgan fingerprint density at radius 3 is 1.60 bits per heavy atom. The Morgan fingerprint density at radius 1 is 0.720 bits per heavy atom. The molecule has 2 nitrogen and oxygen atoms in total. The van der Waals surface area contributed by atoms with Gasteiger partial charge in [-0.05, 0) is 38.4 Å². The van der Waals surface area contributed by atoms with Crippen molar-refractivity contribution < 1.29 is 12.3 Å². The van der Waals surface area contributed by atoms with Crippen LogP contribution in [0.15, 0.2) is 77.7 Å². The van der Waals surface area contributed by atoms with E-state index in [4.69, 9.17) is 0 Å². The fourth-order valence-corrected chi connectivity index (χ4v) is 6.10. The van der Waals surface area contributed by atoms with Crippen LogP contribution < -0.4 is 15.9 Å². The van der Waals surface area contributed by atoms with Crippen molar-refractivity contribution in [3.63, 3.8) is 0 Å². The molecule has 0 aliphatic rings. The Morgan fingerprint density at radius 2 is 1.16 bits per heavy atom. The summed E-state index contributed by atoms with van der Waals surface area (Å²) in [6.07, 6.45) is 0. The highest BCUT2D eigenvalue weighted by Gasteiger charge is 2.25. The summed E-state index contributed by atoms with van der Waals surface area (Å²) < 4.78 is 37.2. The van der Waals surface area contributed by atoms with E-state index in [1.165, 1.54) is 6.07 Å². The molecule has 3 aromatic carbocycles. The average molecular weight is 372 g/mol. The summed E-state index contributed by atoms with van der Waals surface area (Å²) in [6.45, 7) is 4.00. The topological polar surface area (TPSA) is 34.1 Å². The van der Waals surface area contributed by atoms with Crippen LogP contribution in [0.5, 0.6) is 0 Å². The zero-order chi connectivity index (χ0) is 18.0.